The van der Waals surface area contributed by atoms with Gasteiger partial charge in [-0.3, -0.25) is 4.79 Å². The zero-order valence-corrected chi connectivity index (χ0v) is 19.5. The van der Waals surface area contributed by atoms with Crippen molar-refractivity contribution in [3.63, 3.8) is 0 Å². The van der Waals surface area contributed by atoms with Gasteiger partial charge in [-0.25, -0.2) is 0 Å². The van der Waals surface area contributed by atoms with Crippen LogP contribution >= 0.6 is 11.6 Å². The third kappa shape index (κ3) is 4.99. The molecule has 1 saturated heterocycles. The van der Waals surface area contributed by atoms with Crippen LogP contribution in [0.15, 0.2) is 48.5 Å². The summed E-state index contributed by atoms with van der Waals surface area (Å²) in [4.78, 5) is 16.6. The standard InChI is InChI=1S/C24H24ClF3N4O2/c1-16-6-5-9-19(17(16)2)30-10-12-31(13-11-30)22(33)15-34-23-14-21(24(26,27)28)29-32(23)20-8-4-3-7-18(20)25/h3-9,14H,10-13,15H2,1-2H3. The van der Waals surface area contributed by atoms with Crippen molar-refractivity contribution in [1.29, 1.82) is 0 Å². The van der Waals surface area contributed by atoms with Crippen molar-refractivity contribution in [2.24, 2.45) is 0 Å². The summed E-state index contributed by atoms with van der Waals surface area (Å²) in [5.74, 6) is -0.510. The summed E-state index contributed by atoms with van der Waals surface area (Å²) in [6.45, 7) is 6.04. The highest BCUT2D eigenvalue weighted by molar-refractivity contribution is 6.32. The van der Waals surface area contributed by atoms with Crippen LogP contribution in [0.5, 0.6) is 5.88 Å². The number of nitrogens with zero attached hydrogens (tertiary/aromatic N) is 4. The first kappa shape index (κ1) is 23.9. The fraction of sp³-hybridized carbons (Fsp3) is 0.333. The van der Waals surface area contributed by atoms with E-state index in [4.69, 9.17) is 16.3 Å². The molecule has 2 heterocycles. The van der Waals surface area contributed by atoms with Crippen LogP contribution < -0.4 is 9.64 Å². The third-order valence-electron chi connectivity index (χ3n) is 5.94. The second-order valence-electron chi connectivity index (χ2n) is 8.10. The van der Waals surface area contributed by atoms with Crippen LogP contribution in [0.3, 0.4) is 0 Å². The molecule has 0 saturated carbocycles. The SMILES string of the molecule is Cc1cccc(N2CCN(C(=O)COc3cc(C(F)(F)F)nn3-c3ccccc3Cl)CC2)c1C. The number of benzene rings is 2. The van der Waals surface area contributed by atoms with Crippen LogP contribution in [0.1, 0.15) is 16.8 Å². The molecular weight excluding hydrogens is 469 g/mol. The average molecular weight is 493 g/mol. The van der Waals surface area contributed by atoms with Gasteiger partial charge in [0, 0.05) is 37.9 Å². The average Bonchev–Trinajstić information content (AvgIpc) is 3.24. The smallest absolute Gasteiger partial charge is 0.435 e. The lowest BCUT2D eigenvalue weighted by atomic mass is 10.1. The van der Waals surface area contributed by atoms with Gasteiger partial charge in [-0.2, -0.15) is 23.0 Å². The summed E-state index contributed by atoms with van der Waals surface area (Å²) in [5, 5.41) is 3.82. The number of halogens is 4. The van der Waals surface area contributed by atoms with E-state index in [1.165, 1.54) is 23.3 Å². The maximum atomic E-state index is 13.3. The van der Waals surface area contributed by atoms with E-state index in [0.29, 0.717) is 26.2 Å². The Hall–Kier alpha value is -3.20. The first-order chi connectivity index (χ1) is 16.1. The zero-order chi connectivity index (χ0) is 24.5. The van der Waals surface area contributed by atoms with Crippen molar-refractivity contribution in [3.8, 4) is 11.6 Å². The minimum Gasteiger partial charge on any atom is -0.467 e. The lowest BCUT2D eigenvalue weighted by Crippen LogP contribution is -2.50. The van der Waals surface area contributed by atoms with E-state index in [1.54, 1.807) is 17.0 Å². The number of piperazine rings is 1. The minimum atomic E-state index is -4.67. The molecule has 180 valence electrons. The van der Waals surface area contributed by atoms with E-state index in [9.17, 15) is 18.0 Å². The highest BCUT2D eigenvalue weighted by Gasteiger charge is 2.36. The van der Waals surface area contributed by atoms with Gasteiger partial charge in [0.05, 0.1) is 10.7 Å². The van der Waals surface area contributed by atoms with E-state index >= 15 is 0 Å². The molecule has 0 atom stereocenters. The molecule has 0 spiro atoms. The molecule has 0 unspecified atom stereocenters. The summed E-state index contributed by atoms with van der Waals surface area (Å²) in [5.41, 5.74) is 2.66. The number of hydrogen-bond donors (Lipinski definition) is 0. The summed E-state index contributed by atoms with van der Waals surface area (Å²) < 4.78 is 46.3. The molecule has 6 nitrogen and oxygen atoms in total. The van der Waals surface area contributed by atoms with Gasteiger partial charge in [0.15, 0.2) is 12.3 Å². The van der Waals surface area contributed by atoms with Crippen molar-refractivity contribution < 1.29 is 22.7 Å². The van der Waals surface area contributed by atoms with Gasteiger partial charge in [0.1, 0.15) is 0 Å². The Balaban J connectivity index is 1.44. The molecule has 0 N–H and O–H groups in total. The van der Waals surface area contributed by atoms with Crippen molar-refractivity contribution in [2.75, 3.05) is 37.7 Å². The topological polar surface area (TPSA) is 50.6 Å². The van der Waals surface area contributed by atoms with Crippen LogP contribution in [0.2, 0.25) is 5.02 Å². The number of alkyl halides is 3. The van der Waals surface area contributed by atoms with E-state index < -0.39 is 18.5 Å². The molecule has 10 heteroatoms. The van der Waals surface area contributed by atoms with Gasteiger partial charge in [0.25, 0.3) is 5.91 Å². The Morgan fingerprint density at radius 1 is 1.03 bits per heavy atom. The summed E-state index contributed by atoms with van der Waals surface area (Å²) in [6.07, 6.45) is -4.67. The minimum absolute atomic E-state index is 0.206. The molecule has 0 radical (unpaired) electrons. The number of aromatic nitrogens is 2. The van der Waals surface area contributed by atoms with Crippen LogP contribution in [0.25, 0.3) is 5.69 Å². The number of amides is 1. The number of carbonyl (C=O) groups is 1. The quantitative estimate of drug-likeness (QED) is 0.509. The highest BCUT2D eigenvalue weighted by Crippen LogP contribution is 2.33. The number of para-hydroxylation sites is 1. The van der Waals surface area contributed by atoms with E-state index in [1.807, 2.05) is 6.07 Å². The number of hydrogen-bond acceptors (Lipinski definition) is 4. The number of aryl methyl sites for hydroxylation is 1. The van der Waals surface area contributed by atoms with Crippen LogP contribution in [-0.2, 0) is 11.0 Å². The van der Waals surface area contributed by atoms with Crippen LogP contribution in [0.4, 0.5) is 18.9 Å². The summed E-state index contributed by atoms with van der Waals surface area (Å²) >= 11 is 6.15. The predicted octanol–water partition coefficient (Wildman–Crippen LogP) is 4.89. The van der Waals surface area contributed by atoms with Gasteiger partial charge in [-0.15, -0.1) is 0 Å². The second kappa shape index (κ2) is 9.58. The monoisotopic (exact) mass is 492 g/mol. The largest absolute Gasteiger partial charge is 0.467 e. The van der Waals surface area contributed by atoms with E-state index in [2.05, 4.69) is 36.0 Å². The van der Waals surface area contributed by atoms with Crippen molar-refractivity contribution >= 4 is 23.2 Å². The molecular formula is C24H24ClF3N4O2. The Labute approximate surface area is 200 Å². The third-order valence-corrected chi connectivity index (χ3v) is 6.26. The van der Waals surface area contributed by atoms with Gasteiger partial charge < -0.3 is 14.5 Å². The van der Waals surface area contributed by atoms with Crippen LogP contribution in [0, 0.1) is 13.8 Å². The molecule has 2 aromatic carbocycles. The van der Waals surface area contributed by atoms with Crippen molar-refractivity contribution in [2.45, 2.75) is 20.0 Å². The van der Waals surface area contributed by atoms with Gasteiger partial charge in [0.2, 0.25) is 5.88 Å². The maximum absolute atomic E-state index is 13.3. The van der Waals surface area contributed by atoms with Gasteiger partial charge in [-0.1, -0.05) is 35.9 Å². The molecule has 0 bridgehead atoms. The highest BCUT2D eigenvalue weighted by atomic mass is 35.5. The molecule has 3 aromatic rings. The first-order valence-corrected chi connectivity index (χ1v) is 11.2. The number of carbonyl (C=O) groups excluding carboxylic acids is 1. The molecule has 1 aromatic heterocycles. The van der Waals surface area contributed by atoms with Gasteiger partial charge in [-0.05, 0) is 43.2 Å². The lowest BCUT2D eigenvalue weighted by Gasteiger charge is -2.37. The molecule has 1 amide bonds. The summed E-state index contributed by atoms with van der Waals surface area (Å²) in [7, 11) is 0. The molecule has 4 rings (SSSR count). The van der Waals surface area contributed by atoms with Crippen LogP contribution in [-0.4, -0.2) is 53.4 Å². The molecule has 1 aliphatic rings. The fourth-order valence-electron chi connectivity index (χ4n) is 3.90. The van der Waals surface area contributed by atoms with Crippen molar-refractivity contribution in [1.82, 2.24) is 14.7 Å². The van der Waals surface area contributed by atoms with E-state index in [-0.39, 0.29) is 22.5 Å². The molecule has 1 fully saturated rings. The van der Waals surface area contributed by atoms with Gasteiger partial charge >= 0.3 is 6.18 Å². The predicted molar refractivity (Wildman–Crippen MR) is 124 cm³/mol. The van der Waals surface area contributed by atoms with Crippen molar-refractivity contribution in [3.05, 3.63) is 70.4 Å². The number of anilines is 1. The zero-order valence-electron chi connectivity index (χ0n) is 18.8. The maximum Gasteiger partial charge on any atom is 0.435 e. The Morgan fingerprint density at radius 3 is 2.38 bits per heavy atom. The molecule has 1 aliphatic heterocycles. The first-order valence-electron chi connectivity index (χ1n) is 10.8. The Kier molecular flexibility index (Phi) is 6.74. The summed E-state index contributed by atoms with van der Waals surface area (Å²) in [6, 6.07) is 13.3. The Bertz CT molecular complexity index is 1190. The number of ether oxygens (including phenoxy) is 1. The second-order valence-corrected chi connectivity index (χ2v) is 8.51. The molecule has 0 aliphatic carbocycles. The molecule has 34 heavy (non-hydrogen) atoms. The fourth-order valence-corrected chi connectivity index (χ4v) is 4.12. The Morgan fingerprint density at radius 2 is 1.71 bits per heavy atom. The van der Waals surface area contributed by atoms with E-state index in [0.717, 1.165) is 16.4 Å². The normalized spacial score (nSPS) is 14.4. The lowest BCUT2D eigenvalue weighted by molar-refractivity contribution is -0.141. The number of rotatable bonds is 5.